The Labute approximate surface area is 107 Å². The van der Waals surface area contributed by atoms with Gasteiger partial charge < -0.3 is 30.5 Å². The summed E-state index contributed by atoms with van der Waals surface area (Å²) in [7, 11) is -4.67. The highest BCUT2D eigenvalue weighted by Gasteiger charge is 2.44. The third-order valence-corrected chi connectivity index (χ3v) is 3.20. The summed E-state index contributed by atoms with van der Waals surface area (Å²) < 4.78 is 21.4. The first kappa shape index (κ1) is 14.4. The summed E-state index contributed by atoms with van der Waals surface area (Å²) in [6.07, 6.45) is -2.12. The summed E-state index contributed by atoms with van der Waals surface area (Å²) in [5, 5.41) is 19.6. The molecule has 19 heavy (non-hydrogen) atoms. The van der Waals surface area contributed by atoms with Gasteiger partial charge in [0.05, 0.1) is 19.1 Å². The van der Waals surface area contributed by atoms with Crippen molar-refractivity contribution in [3.05, 3.63) is 12.5 Å². The van der Waals surface area contributed by atoms with E-state index < -0.39 is 39.0 Å². The van der Waals surface area contributed by atoms with Gasteiger partial charge >= 0.3 is 7.82 Å². The van der Waals surface area contributed by atoms with Gasteiger partial charge in [0.1, 0.15) is 24.1 Å². The first-order valence-electron chi connectivity index (χ1n) is 5.28. The Morgan fingerprint density at radius 1 is 1.47 bits per heavy atom. The molecule has 1 aromatic heterocycles. The highest BCUT2D eigenvalue weighted by atomic mass is 31.2. The Morgan fingerprint density at radius 3 is 2.68 bits per heavy atom. The minimum Gasteiger partial charge on any atom is -0.387 e. The molecule has 0 spiro atoms. The van der Waals surface area contributed by atoms with Crippen molar-refractivity contribution in [2.45, 2.75) is 24.5 Å². The largest absolute Gasteiger partial charge is 0.469 e. The summed E-state index contributed by atoms with van der Waals surface area (Å²) in [5.74, 6) is 0.216. The lowest BCUT2D eigenvalue weighted by Gasteiger charge is -2.17. The van der Waals surface area contributed by atoms with Gasteiger partial charge in [-0.15, -0.1) is 0 Å². The van der Waals surface area contributed by atoms with E-state index in [2.05, 4.69) is 9.51 Å². The summed E-state index contributed by atoms with van der Waals surface area (Å²) in [6.45, 7) is -0.562. The van der Waals surface area contributed by atoms with Gasteiger partial charge in [-0.25, -0.2) is 9.55 Å². The van der Waals surface area contributed by atoms with E-state index in [-0.39, 0.29) is 5.82 Å². The fraction of sp³-hybridized carbons (Fsp3) is 0.625. The highest BCUT2D eigenvalue weighted by molar-refractivity contribution is 7.46. The van der Waals surface area contributed by atoms with Crippen LogP contribution >= 0.6 is 7.82 Å². The number of hydrogen-bond acceptors (Lipinski definition) is 7. The number of rotatable bonds is 4. The quantitative estimate of drug-likeness (QED) is 0.403. The molecule has 6 N–H and O–H groups in total. The first-order chi connectivity index (χ1) is 8.79. The molecule has 1 saturated heterocycles. The van der Waals surface area contributed by atoms with Crippen molar-refractivity contribution >= 4 is 13.6 Å². The van der Waals surface area contributed by atoms with Gasteiger partial charge in [-0.3, -0.25) is 9.09 Å². The molecule has 0 amide bonds. The van der Waals surface area contributed by atoms with Crippen molar-refractivity contribution in [1.82, 2.24) is 9.55 Å². The zero-order valence-corrected chi connectivity index (χ0v) is 10.5. The van der Waals surface area contributed by atoms with Crippen LogP contribution in [0, 0.1) is 0 Å². The number of imidazole rings is 1. The number of ether oxygens (including phenoxy) is 1. The van der Waals surface area contributed by atoms with Gasteiger partial charge in [0.2, 0.25) is 0 Å². The van der Waals surface area contributed by atoms with E-state index in [0.29, 0.717) is 0 Å². The fourth-order valence-corrected chi connectivity index (χ4v) is 2.14. The maximum absolute atomic E-state index is 10.6. The number of anilines is 1. The smallest absolute Gasteiger partial charge is 0.387 e. The zero-order valence-electron chi connectivity index (χ0n) is 9.60. The molecule has 2 rings (SSSR count). The van der Waals surface area contributed by atoms with Gasteiger partial charge in [0.15, 0.2) is 6.23 Å². The average Bonchev–Trinajstić information content (AvgIpc) is 2.83. The van der Waals surface area contributed by atoms with Crippen LogP contribution in [0.4, 0.5) is 5.82 Å². The van der Waals surface area contributed by atoms with Crippen molar-refractivity contribution in [3.8, 4) is 0 Å². The summed E-state index contributed by atoms with van der Waals surface area (Å²) in [5.41, 5.74) is 5.59. The lowest BCUT2D eigenvalue weighted by Crippen LogP contribution is -2.33. The van der Waals surface area contributed by atoms with Crippen LogP contribution in [0.3, 0.4) is 0 Å². The molecule has 108 valence electrons. The maximum Gasteiger partial charge on any atom is 0.469 e. The number of nitrogens with two attached hydrogens (primary N) is 1. The Balaban J connectivity index is 2.07. The molecule has 4 atom stereocenters. The lowest BCUT2D eigenvalue weighted by atomic mass is 10.1. The number of aliphatic hydroxyl groups is 2. The molecule has 0 bridgehead atoms. The molecule has 0 unspecified atom stereocenters. The molecule has 0 radical (unpaired) electrons. The third kappa shape index (κ3) is 3.12. The van der Waals surface area contributed by atoms with E-state index in [1.807, 2.05) is 0 Å². The number of phosphoric acid groups is 1. The van der Waals surface area contributed by atoms with Crippen molar-refractivity contribution < 1.29 is 33.8 Å². The van der Waals surface area contributed by atoms with Crippen molar-refractivity contribution in [2.24, 2.45) is 0 Å². The molecule has 11 heteroatoms. The van der Waals surface area contributed by atoms with E-state index in [0.717, 1.165) is 0 Å². The number of phosphoric ester groups is 1. The van der Waals surface area contributed by atoms with Gasteiger partial charge in [-0.05, 0) is 0 Å². The van der Waals surface area contributed by atoms with Crippen molar-refractivity contribution in [2.75, 3.05) is 12.3 Å². The monoisotopic (exact) mass is 295 g/mol. The SMILES string of the molecule is Nc1cncn1[C@@H]1O[C@H](COP(=O)(O)O)[C@H](O)[C@@H]1O. The number of aliphatic hydroxyl groups excluding tert-OH is 2. The second-order valence-corrected chi connectivity index (χ2v) is 5.30. The molecule has 1 aliphatic rings. The Morgan fingerprint density at radius 2 is 2.16 bits per heavy atom. The second kappa shape index (κ2) is 5.17. The predicted molar refractivity (Wildman–Crippen MR) is 60.6 cm³/mol. The molecule has 1 aromatic rings. The normalized spacial score (nSPS) is 31.8. The Kier molecular flexibility index (Phi) is 3.92. The molecule has 0 aromatic carbocycles. The molecule has 0 aliphatic carbocycles. The van der Waals surface area contributed by atoms with Crippen LogP contribution in [0.5, 0.6) is 0 Å². The topological polar surface area (TPSA) is 160 Å². The van der Waals surface area contributed by atoms with E-state index in [1.165, 1.54) is 17.1 Å². The second-order valence-electron chi connectivity index (χ2n) is 4.06. The minimum absolute atomic E-state index is 0.216. The molecule has 1 fully saturated rings. The molecular weight excluding hydrogens is 281 g/mol. The van der Waals surface area contributed by atoms with Gasteiger partial charge in [-0.2, -0.15) is 0 Å². The van der Waals surface area contributed by atoms with Gasteiger partial charge in [-0.1, -0.05) is 0 Å². The number of nitrogen functional groups attached to an aromatic ring is 1. The van der Waals surface area contributed by atoms with E-state index in [9.17, 15) is 14.8 Å². The van der Waals surface area contributed by atoms with E-state index in [4.69, 9.17) is 20.3 Å². The van der Waals surface area contributed by atoms with Crippen LogP contribution in [-0.2, 0) is 13.8 Å². The van der Waals surface area contributed by atoms with Crippen LogP contribution < -0.4 is 5.73 Å². The summed E-state index contributed by atoms with van der Waals surface area (Å²) >= 11 is 0. The van der Waals surface area contributed by atoms with Crippen LogP contribution in [0.2, 0.25) is 0 Å². The Bertz CT molecular complexity index is 488. The van der Waals surface area contributed by atoms with Crippen LogP contribution in [-0.4, -0.2) is 54.5 Å². The van der Waals surface area contributed by atoms with Crippen LogP contribution in [0.25, 0.3) is 0 Å². The van der Waals surface area contributed by atoms with Gasteiger partial charge in [0.25, 0.3) is 0 Å². The molecule has 2 heterocycles. The summed E-state index contributed by atoms with van der Waals surface area (Å²) in [4.78, 5) is 20.9. The molecule has 10 nitrogen and oxygen atoms in total. The predicted octanol–water partition coefficient (Wildman–Crippen LogP) is -1.81. The van der Waals surface area contributed by atoms with E-state index in [1.54, 1.807) is 0 Å². The Hall–Kier alpha value is -1.00. The highest BCUT2D eigenvalue weighted by Crippen LogP contribution is 2.38. The maximum atomic E-state index is 10.6. The third-order valence-electron chi connectivity index (χ3n) is 2.71. The molecular formula is C8H14N3O7P. The number of hydrogen-bond donors (Lipinski definition) is 5. The van der Waals surface area contributed by atoms with E-state index >= 15 is 0 Å². The minimum atomic E-state index is -4.67. The van der Waals surface area contributed by atoms with Gasteiger partial charge in [0, 0.05) is 0 Å². The number of nitrogens with zero attached hydrogens (tertiary/aromatic N) is 2. The molecule has 1 aliphatic heterocycles. The average molecular weight is 295 g/mol. The molecule has 0 saturated carbocycles. The number of aromatic nitrogens is 2. The first-order valence-corrected chi connectivity index (χ1v) is 6.81. The van der Waals surface area contributed by atoms with Crippen LogP contribution in [0.1, 0.15) is 6.23 Å². The van der Waals surface area contributed by atoms with Crippen molar-refractivity contribution in [3.63, 3.8) is 0 Å². The summed E-state index contributed by atoms with van der Waals surface area (Å²) in [6, 6.07) is 0. The lowest BCUT2D eigenvalue weighted by molar-refractivity contribution is -0.0510. The van der Waals surface area contributed by atoms with Crippen molar-refractivity contribution in [1.29, 1.82) is 0 Å². The van der Waals surface area contributed by atoms with Crippen LogP contribution in [0.15, 0.2) is 12.5 Å². The zero-order chi connectivity index (χ0) is 14.2. The standard InChI is InChI=1S/C8H14N3O7P/c9-5-1-10-3-11(5)8-7(13)6(12)4(18-8)2-17-19(14,15)16/h1,3-4,6-8,12-13H,2,9H2,(H2,14,15,16)/t4-,6+,7+,8-/m1/s1. The fourth-order valence-electron chi connectivity index (χ4n) is 1.79.